The van der Waals surface area contributed by atoms with Crippen LogP contribution in [0.2, 0.25) is 0 Å². The smallest absolute Gasteiger partial charge is 0.272 e. The molecule has 1 saturated heterocycles. The van der Waals surface area contributed by atoms with E-state index in [1.807, 2.05) is 0 Å². The third-order valence-electron chi connectivity index (χ3n) is 3.46. The number of non-ortho nitro benzene ring substituents is 1. The molecule has 1 aliphatic rings. The maximum atomic E-state index is 13.7. The van der Waals surface area contributed by atoms with Gasteiger partial charge < -0.3 is 0 Å². The Kier molecular flexibility index (Phi) is 2.87. The number of benzene rings is 1. The first-order valence-corrected chi connectivity index (χ1v) is 5.58. The van der Waals surface area contributed by atoms with Crippen molar-refractivity contribution in [3.05, 3.63) is 39.7 Å². The Balaban J connectivity index is 2.15. The van der Waals surface area contributed by atoms with Gasteiger partial charge in [0.2, 0.25) is 0 Å². The maximum absolute atomic E-state index is 13.7. The third kappa shape index (κ3) is 2.29. The topological polar surface area (TPSA) is 46.4 Å². The van der Waals surface area contributed by atoms with Gasteiger partial charge in [-0.25, -0.2) is 4.39 Å². The third-order valence-corrected chi connectivity index (χ3v) is 3.46. The summed E-state index contributed by atoms with van der Waals surface area (Å²) in [7, 11) is 0. The van der Waals surface area contributed by atoms with Gasteiger partial charge in [0, 0.05) is 30.3 Å². The van der Waals surface area contributed by atoms with Crippen molar-refractivity contribution < 1.29 is 9.31 Å². The Morgan fingerprint density at radius 3 is 2.65 bits per heavy atom. The number of nitrogens with zero attached hydrogens (tertiary/aromatic N) is 2. The van der Waals surface area contributed by atoms with E-state index in [1.54, 1.807) is 0 Å². The van der Waals surface area contributed by atoms with Gasteiger partial charge in [0.05, 0.1) is 11.0 Å². The number of halogens is 1. The Labute approximate surface area is 99.2 Å². The van der Waals surface area contributed by atoms with E-state index in [0.29, 0.717) is 12.1 Å². The molecule has 0 spiro atoms. The number of likely N-dealkylation sites (tertiary alicyclic amines) is 1. The first-order chi connectivity index (χ1) is 7.90. The van der Waals surface area contributed by atoms with Gasteiger partial charge >= 0.3 is 0 Å². The van der Waals surface area contributed by atoms with E-state index in [0.717, 1.165) is 19.0 Å². The standard InChI is InChI=1S/C12H15FN2O2/c1-12(2)5-6-14(12)8-9-3-4-10(15(16)17)7-11(9)13/h3-4,7H,5-6,8H2,1-2H3. The molecule has 0 atom stereocenters. The van der Waals surface area contributed by atoms with Crippen molar-refractivity contribution in [3.63, 3.8) is 0 Å². The van der Waals surface area contributed by atoms with Crippen molar-refractivity contribution in [2.75, 3.05) is 6.54 Å². The molecule has 2 rings (SSSR count). The van der Waals surface area contributed by atoms with Gasteiger partial charge in [-0.05, 0) is 26.3 Å². The summed E-state index contributed by atoms with van der Waals surface area (Å²) in [4.78, 5) is 12.1. The van der Waals surface area contributed by atoms with Gasteiger partial charge in [-0.15, -0.1) is 0 Å². The van der Waals surface area contributed by atoms with Crippen LogP contribution in [0.15, 0.2) is 18.2 Å². The molecule has 0 aromatic heterocycles. The Morgan fingerprint density at radius 2 is 2.24 bits per heavy atom. The van der Waals surface area contributed by atoms with Crippen LogP contribution in [0.4, 0.5) is 10.1 Å². The average Bonchev–Trinajstić information content (AvgIpc) is 2.25. The fraction of sp³-hybridized carbons (Fsp3) is 0.500. The van der Waals surface area contributed by atoms with E-state index < -0.39 is 10.7 Å². The molecule has 0 aliphatic carbocycles. The second-order valence-corrected chi connectivity index (χ2v) is 5.02. The Morgan fingerprint density at radius 1 is 1.53 bits per heavy atom. The molecule has 17 heavy (non-hydrogen) atoms. The lowest BCUT2D eigenvalue weighted by molar-refractivity contribution is -0.385. The van der Waals surface area contributed by atoms with Crippen molar-refractivity contribution in [1.82, 2.24) is 4.90 Å². The van der Waals surface area contributed by atoms with E-state index in [-0.39, 0.29) is 11.2 Å². The molecule has 1 aliphatic heterocycles. The Hall–Kier alpha value is -1.49. The van der Waals surface area contributed by atoms with Gasteiger partial charge in [-0.3, -0.25) is 15.0 Å². The van der Waals surface area contributed by atoms with Crippen LogP contribution in [-0.4, -0.2) is 21.9 Å². The first kappa shape index (κ1) is 12.0. The molecular weight excluding hydrogens is 223 g/mol. The van der Waals surface area contributed by atoms with Crippen LogP contribution in [0, 0.1) is 15.9 Å². The number of hydrogen-bond donors (Lipinski definition) is 0. The predicted octanol–water partition coefficient (Wildman–Crippen LogP) is 2.72. The zero-order valence-electron chi connectivity index (χ0n) is 9.94. The highest BCUT2D eigenvalue weighted by Crippen LogP contribution is 2.31. The summed E-state index contributed by atoms with van der Waals surface area (Å²) in [5, 5.41) is 10.5. The second-order valence-electron chi connectivity index (χ2n) is 5.02. The van der Waals surface area contributed by atoms with Crippen LogP contribution in [0.25, 0.3) is 0 Å². The molecule has 0 unspecified atom stereocenters. The Bertz CT molecular complexity index is 460. The molecule has 0 radical (unpaired) electrons. The summed E-state index contributed by atoms with van der Waals surface area (Å²) in [6.07, 6.45) is 1.10. The van der Waals surface area contributed by atoms with Gasteiger partial charge in [0.15, 0.2) is 0 Å². The average molecular weight is 238 g/mol. The van der Waals surface area contributed by atoms with Crippen LogP contribution in [-0.2, 0) is 6.54 Å². The van der Waals surface area contributed by atoms with Crippen LogP contribution in [0.1, 0.15) is 25.8 Å². The van der Waals surface area contributed by atoms with Gasteiger partial charge in [0.1, 0.15) is 5.82 Å². The lowest BCUT2D eigenvalue weighted by Gasteiger charge is -2.48. The molecule has 5 heteroatoms. The number of rotatable bonds is 3. The van der Waals surface area contributed by atoms with Crippen molar-refractivity contribution in [2.45, 2.75) is 32.4 Å². The number of hydrogen-bond acceptors (Lipinski definition) is 3. The van der Waals surface area contributed by atoms with Crippen molar-refractivity contribution >= 4 is 5.69 Å². The summed E-state index contributed by atoms with van der Waals surface area (Å²) in [6, 6.07) is 3.84. The fourth-order valence-corrected chi connectivity index (χ4v) is 1.99. The highest BCUT2D eigenvalue weighted by atomic mass is 19.1. The zero-order chi connectivity index (χ0) is 12.6. The van der Waals surface area contributed by atoms with Crippen molar-refractivity contribution in [1.29, 1.82) is 0 Å². The van der Waals surface area contributed by atoms with Gasteiger partial charge in [-0.2, -0.15) is 0 Å². The molecule has 92 valence electrons. The number of nitro groups is 1. The minimum atomic E-state index is -0.583. The zero-order valence-corrected chi connectivity index (χ0v) is 9.94. The van der Waals surface area contributed by atoms with E-state index in [4.69, 9.17) is 0 Å². The number of nitro benzene ring substituents is 1. The fourth-order valence-electron chi connectivity index (χ4n) is 1.99. The second kappa shape index (κ2) is 4.07. The highest BCUT2D eigenvalue weighted by molar-refractivity contribution is 5.34. The van der Waals surface area contributed by atoms with Crippen LogP contribution in [0.3, 0.4) is 0 Å². The van der Waals surface area contributed by atoms with Crippen LogP contribution < -0.4 is 0 Å². The van der Waals surface area contributed by atoms with Crippen LogP contribution in [0.5, 0.6) is 0 Å². The molecule has 1 aromatic rings. The summed E-state index contributed by atoms with van der Waals surface area (Å²) in [5.74, 6) is -0.498. The monoisotopic (exact) mass is 238 g/mol. The quantitative estimate of drug-likeness (QED) is 0.600. The van der Waals surface area contributed by atoms with Crippen molar-refractivity contribution in [3.8, 4) is 0 Å². The minimum Gasteiger partial charge on any atom is -0.294 e. The predicted molar refractivity (Wildman–Crippen MR) is 62.2 cm³/mol. The van der Waals surface area contributed by atoms with E-state index in [2.05, 4.69) is 18.7 Å². The molecule has 1 aromatic carbocycles. The normalized spacial score (nSPS) is 18.8. The summed E-state index contributed by atoms with van der Waals surface area (Å²) in [6.45, 7) is 5.68. The molecule has 4 nitrogen and oxygen atoms in total. The molecule has 0 bridgehead atoms. The molecule has 0 N–H and O–H groups in total. The maximum Gasteiger partial charge on any atom is 0.272 e. The SMILES string of the molecule is CC1(C)CCN1Cc1ccc([N+](=O)[O-])cc1F. The van der Waals surface area contributed by atoms with Gasteiger partial charge in [0.25, 0.3) is 5.69 Å². The molecule has 0 saturated carbocycles. The van der Waals surface area contributed by atoms with Crippen molar-refractivity contribution in [2.24, 2.45) is 0 Å². The summed E-state index contributed by atoms with van der Waals surface area (Å²) < 4.78 is 13.7. The van der Waals surface area contributed by atoms with Crippen LogP contribution >= 0.6 is 0 Å². The lowest BCUT2D eigenvalue weighted by atomic mass is 9.88. The molecular formula is C12H15FN2O2. The minimum absolute atomic E-state index is 0.105. The first-order valence-electron chi connectivity index (χ1n) is 5.58. The summed E-state index contributed by atoms with van der Waals surface area (Å²) >= 11 is 0. The van der Waals surface area contributed by atoms with E-state index in [9.17, 15) is 14.5 Å². The van der Waals surface area contributed by atoms with Gasteiger partial charge in [-0.1, -0.05) is 0 Å². The van der Waals surface area contributed by atoms with E-state index >= 15 is 0 Å². The summed E-state index contributed by atoms with van der Waals surface area (Å²) in [5.41, 5.74) is 0.422. The highest BCUT2D eigenvalue weighted by Gasteiger charge is 2.35. The van der Waals surface area contributed by atoms with E-state index in [1.165, 1.54) is 12.1 Å². The molecule has 1 heterocycles. The lowest BCUT2D eigenvalue weighted by Crippen LogP contribution is -2.54. The molecule has 1 fully saturated rings. The molecule has 0 amide bonds. The largest absolute Gasteiger partial charge is 0.294 e.